The molecule has 1 aliphatic rings. The Kier molecular flexibility index (Phi) is 6.68. The van der Waals surface area contributed by atoms with E-state index in [1.165, 1.54) is 43.1 Å². The van der Waals surface area contributed by atoms with Crippen molar-refractivity contribution in [2.75, 3.05) is 18.4 Å². The number of rotatable bonds is 8. The van der Waals surface area contributed by atoms with Crippen molar-refractivity contribution in [3.05, 3.63) is 72.4 Å². The number of nitrogens with zero attached hydrogens (tertiary/aromatic N) is 10. The Labute approximate surface area is 238 Å². The summed E-state index contributed by atoms with van der Waals surface area (Å²) in [4.78, 5) is 19.9. The number of likely N-dealkylation sites (tertiary alicyclic amines) is 1. The molecule has 0 atom stereocenters. The fraction of sp³-hybridized carbons (Fsp3) is 0.296. The molecule has 0 aliphatic carbocycles. The van der Waals surface area contributed by atoms with E-state index in [4.69, 9.17) is 9.51 Å². The minimum absolute atomic E-state index is 0.164. The maximum atomic E-state index is 14.0. The van der Waals surface area contributed by atoms with E-state index in [1.54, 1.807) is 17.1 Å². The van der Waals surface area contributed by atoms with E-state index >= 15 is 0 Å². The van der Waals surface area contributed by atoms with Crippen LogP contribution in [0.5, 0.6) is 0 Å². The molecule has 0 spiro atoms. The average Bonchev–Trinajstić information content (AvgIpc) is 3.78. The quantitative estimate of drug-likeness (QED) is 0.274. The number of piperidine rings is 1. The molecular weight excluding hydrogens is 545 g/mol. The molecule has 41 heavy (non-hydrogen) atoms. The summed E-state index contributed by atoms with van der Waals surface area (Å²) in [5.41, 5.74) is 4.55. The minimum Gasteiger partial charge on any atom is -0.337 e. The molecule has 7 heterocycles. The molecule has 208 valence electrons. The van der Waals surface area contributed by atoms with Crippen molar-refractivity contribution in [2.45, 2.75) is 39.3 Å². The van der Waals surface area contributed by atoms with E-state index in [2.05, 4.69) is 45.9 Å². The van der Waals surface area contributed by atoms with Gasteiger partial charge >= 0.3 is 0 Å². The maximum absolute atomic E-state index is 14.0. The van der Waals surface area contributed by atoms with Crippen LogP contribution in [0.1, 0.15) is 36.5 Å². The fourth-order valence-electron chi connectivity index (χ4n) is 5.02. The summed E-state index contributed by atoms with van der Waals surface area (Å²) in [6.45, 7) is 5.32. The second-order valence-electron chi connectivity index (χ2n) is 10.0. The normalized spacial score (nSPS) is 14.2. The molecule has 6 aromatic heterocycles. The smallest absolute Gasteiger partial charge is 0.248 e. The molecule has 0 unspecified atom stereocenters. The molecule has 7 rings (SSSR count). The molecule has 0 saturated carbocycles. The number of halogens is 1. The maximum Gasteiger partial charge on any atom is 0.248 e. The number of anilines is 2. The number of nitrogens with one attached hydrogen (secondary N) is 1. The van der Waals surface area contributed by atoms with Crippen LogP contribution in [0.15, 0.2) is 53.8 Å². The molecule has 1 fully saturated rings. The van der Waals surface area contributed by atoms with Gasteiger partial charge in [-0.1, -0.05) is 11.6 Å². The predicted octanol–water partition coefficient (Wildman–Crippen LogP) is 4.72. The molecule has 1 N–H and O–H groups in total. The number of aromatic nitrogens is 9. The average molecular weight is 572 g/mol. The van der Waals surface area contributed by atoms with Crippen molar-refractivity contribution in [1.82, 2.24) is 48.5 Å². The van der Waals surface area contributed by atoms with Crippen molar-refractivity contribution >= 4 is 28.0 Å². The van der Waals surface area contributed by atoms with Gasteiger partial charge in [-0.15, -0.1) is 0 Å². The summed E-state index contributed by atoms with van der Waals surface area (Å²) < 4.78 is 27.7. The van der Waals surface area contributed by atoms with Crippen LogP contribution in [-0.4, -0.2) is 61.6 Å². The predicted molar refractivity (Wildman–Crippen MR) is 150 cm³/mol. The van der Waals surface area contributed by atoms with Crippen LogP contribution in [0.25, 0.3) is 28.3 Å². The summed E-state index contributed by atoms with van der Waals surface area (Å²) in [5, 5.41) is 12.7. The number of aryl methyl sites for hydroxylation is 1. The summed E-state index contributed by atoms with van der Waals surface area (Å²) in [6.07, 6.45) is 13.8. The summed E-state index contributed by atoms with van der Waals surface area (Å²) >= 11 is 1.43. The van der Waals surface area contributed by atoms with Crippen molar-refractivity contribution in [3.8, 4) is 22.6 Å². The highest BCUT2D eigenvalue weighted by atomic mass is 32.1. The minimum atomic E-state index is -0.513. The molecule has 0 bridgehead atoms. The van der Waals surface area contributed by atoms with Gasteiger partial charge in [-0.25, -0.2) is 14.4 Å². The van der Waals surface area contributed by atoms with Crippen molar-refractivity contribution < 1.29 is 8.91 Å². The molecule has 0 aromatic carbocycles. The Morgan fingerprint density at radius 2 is 1.98 bits per heavy atom. The van der Waals surface area contributed by atoms with E-state index in [1.807, 2.05) is 23.7 Å². The first-order valence-electron chi connectivity index (χ1n) is 13.3. The second kappa shape index (κ2) is 10.8. The zero-order chi connectivity index (χ0) is 27.8. The Balaban J connectivity index is 1.09. The summed E-state index contributed by atoms with van der Waals surface area (Å²) in [5.74, 6) is 0.621. The van der Waals surface area contributed by atoms with Gasteiger partial charge in [0.05, 0.1) is 41.2 Å². The third-order valence-electron chi connectivity index (χ3n) is 6.96. The molecule has 0 amide bonds. The van der Waals surface area contributed by atoms with Gasteiger partial charge in [-0.2, -0.15) is 14.5 Å². The van der Waals surface area contributed by atoms with Gasteiger partial charge in [0.25, 0.3) is 0 Å². The molecule has 1 aliphatic heterocycles. The lowest BCUT2D eigenvalue weighted by atomic mass is 10.1. The van der Waals surface area contributed by atoms with Crippen molar-refractivity contribution in [2.24, 2.45) is 0 Å². The number of hydrogen-bond donors (Lipinski definition) is 1. The van der Waals surface area contributed by atoms with Gasteiger partial charge in [-0.3, -0.25) is 19.0 Å². The Morgan fingerprint density at radius 1 is 1.07 bits per heavy atom. The highest BCUT2D eigenvalue weighted by Gasteiger charge is 2.17. The first-order valence-corrected chi connectivity index (χ1v) is 14.1. The molecule has 6 aromatic rings. The van der Waals surface area contributed by atoms with Gasteiger partial charge in [0, 0.05) is 30.7 Å². The molecule has 0 radical (unpaired) electrons. The third-order valence-corrected chi connectivity index (χ3v) is 7.70. The zero-order valence-corrected chi connectivity index (χ0v) is 23.1. The van der Waals surface area contributed by atoms with Gasteiger partial charge in [0.1, 0.15) is 11.5 Å². The van der Waals surface area contributed by atoms with Crippen molar-refractivity contribution in [1.29, 1.82) is 0 Å². The van der Waals surface area contributed by atoms with Crippen LogP contribution >= 0.6 is 11.5 Å². The van der Waals surface area contributed by atoms with E-state index in [-0.39, 0.29) is 17.9 Å². The Bertz CT molecular complexity index is 1820. The Morgan fingerprint density at radius 3 is 2.85 bits per heavy atom. The molecule has 14 heteroatoms. The lowest BCUT2D eigenvalue weighted by Crippen LogP contribution is -2.29. The van der Waals surface area contributed by atoms with Gasteiger partial charge in [-0.05, 0) is 56.5 Å². The van der Waals surface area contributed by atoms with Crippen LogP contribution < -0.4 is 5.32 Å². The highest BCUT2D eigenvalue weighted by molar-refractivity contribution is 7.10. The first-order chi connectivity index (χ1) is 20.1. The number of pyridine rings is 1. The highest BCUT2D eigenvalue weighted by Crippen LogP contribution is 2.28. The number of hydrogen-bond acceptors (Lipinski definition) is 11. The summed E-state index contributed by atoms with van der Waals surface area (Å²) in [6, 6.07) is 3.60. The van der Waals surface area contributed by atoms with E-state index in [0.717, 1.165) is 53.5 Å². The molecular formula is C27H26FN11OS. The monoisotopic (exact) mass is 571 g/mol. The van der Waals surface area contributed by atoms with E-state index in [9.17, 15) is 4.39 Å². The molecule has 1 saturated heterocycles. The SMILES string of the molecule is Cc1cn2c(-c3cnn(Cc4nc(-c5ccncc5F)no4)c3)cnc2c(Nc2cc(CN3CCCCC3)ns2)n1. The standard InChI is InChI=1S/C27H26FN11OS/c1-17-13-39-22(18-10-31-38(14-18)16-23-33-25(35-40-23)20-5-6-29-11-21(20)28)12-30-27(39)26(32-17)34-24-9-19(36-41-24)15-37-7-3-2-4-8-37/h5-6,9-14H,2-4,7-8,15-16H2,1H3,(H,32,34). The van der Waals surface area contributed by atoms with Gasteiger partial charge in [0.15, 0.2) is 17.3 Å². The second-order valence-corrected chi connectivity index (χ2v) is 10.8. The topological polar surface area (TPSA) is 128 Å². The number of fused-ring (bicyclic) bond motifs is 1. The zero-order valence-electron chi connectivity index (χ0n) is 22.2. The van der Waals surface area contributed by atoms with Crippen LogP contribution in [0, 0.1) is 12.7 Å². The lowest BCUT2D eigenvalue weighted by molar-refractivity contribution is 0.219. The van der Waals surface area contributed by atoms with Gasteiger partial charge < -0.3 is 9.84 Å². The van der Waals surface area contributed by atoms with Crippen LogP contribution in [0.3, 0.4) is 0 Å². The van der Waals surface area contributed by atoms with Crippen LogP contribution in [0.4, 0.5) is 15.2 Å². The van der Waals surface area contributed by atoms with E-state index in [0.29, 0.717) is 17.4 Å². The fourth-order valence-corrected chi connectivity index (χ4v) is 5.68. The summed E-state index contributed by atoms with van der Waals surface area (Å²) in [7, 11) is 0. The largest absolute Gasteiger partial charge is 0.337 e. The lowest BCUT2D eigenvalue weighted by Gasteiger charge is -2.25. The number of imidazole rings is 1. The van der Waals surface area contributed by atoms with Crippen LogP contribution in [-0.2, 0) is 13.1 Å². The molecule has 12 nitrogen and oxygen atoms in total. The van der Waals surface area contributed by atoms with E-state index < -0.39 is 5.82 Å². The van der Waals surface area contributed by atoms with Crippen molar-refractivity contribution in [3.63, 3.8) is 0 Å². The van der Waals surface area contributed by atoms with Crippen LogP contribution in [0.2, 0.25) is 0 Å². The van der Waals surface area contributed by atoms with Gasteiger partial charge in [0.2, 0.25) is 11.7 Å². The first kappa shape index (κ1) is 25.4. The Hall–Kier alpha value is -4.56. The third kappa shape index (κ3) is 5.30.